The zero-order chi connectivity index (χ0) is 14.7. The Kier molecular flexibility index (Phi) is 4.61. The van der Waals surface area contributed by atoms with Crippen LogP contribution in [0, 0.1) is 0 Å². The van der Waals surface area contributed by atoms with E-state index in [0.29, 0.717) is 12.0 Å². The Morgan fingerprint density at radius 1 is 1.19 bits per heavy atom. The molecule has 1 aliphatic heterocycles. The highest BCUT2D eigenvalue weighted by molar-refractivity contribution is 9.10. The number of nitrogens with one attached hydrogen (secondary N) is 1. The first-order chi connectivity index (χ1) is 10.3. The molecule has 21 heavy (non-hydrogen) atoms. The second kappa shape index (κ2) is 6.63. The summed E-state index contributed by atoms with van der Waals surface area (Å²) in [4.78, 5) is 0. The fourth-order valence-corrected chi connectivity index (χ4v) is 3.28. The van der Waals surface area contributed by atoms with Crippen LogP contribution in [0.5, 0.6) is 5.75 Å². The maximum Gasteiger partial charge on any atom is 0.122 e. The number of hydrogen-bond donors (Lipinski definition) is 1. The van der Waals surface area contributed by atoms with Crippen LogP contribution in [-0.4, -0.2) is 19.2 Å². The third-order valence-corrected chi connectivity index (χ3v) is 4.59. The van der Waals surface area contributed by atoms with Gasteiger partial charge in [0, 0.05) is 22.0 Å². The second-order valence-electron chi connectivity index (χ2n) is 5.45. The first kappa shape index (κ1) is 14.6. The number of hydrogen-bond acceptors (Lipinski definition) is 2. The van der Waals surface area contributed by atoms with Crippen molar-refractivity contribution in [1.29, 1.82) is 0 Å². The molecule has 0 radical (unpaired) electrons. The second-order valence-corrected chi connectivity index (χ2v) is 6.37. The van der Waals surface area contributed by atoms with Crippen LogP contribution in [0.3, 0.4) is 0 Å². The molecule has 0 aliphatic carbocycles. The van der Waals surface area contributed by atoms with Gasteiger partial charge in [0.15, 0.2) is 0 Å². The van der Waals surface area contributed by atoms with Crippen molar-refractivity contribution in [3.63, 3.8) is 0 Å². The van der Waals surface area contributed by atoms with Gasteiger partial charge in [-0.3, -0.25) is 0 Å². The van der Waals surface area contributed by atoms with Crippen molar-refractivity contribution < 1.29 is 4.74 Å². The minimum absolute atomic E-state index is 0.403. The highest BCUT2D eigenvalue weighted by Crippen LogP contribution is 2.36. The van der Waals surface area contributed by atoms with Crippen LogP contribution >= 0.6 is 15.9 Å². The normalized spacial score (nSPS) is 18.1. The summed E-state index contributed by atoms with van der Waals surface area (Å²) in [6, 6.07) is 17.4. The van der Waals surface area contributed by atoms with E-state index < -0.39 is 0 Å². The molecular formula is C18H20BrNO. The summed E-state index contributed by atoms with van der Waals surface area (Å²) in [5.74, 6) is 1.46. The predicted molar refractivity (Wildman–Crippen MR) is 90.0 cm³/mol. The summed E-state index contributed by atoms with van der Waals surface area (Å²) in [7, 11) is 0. The zero-order valence-corrected chi connectivity index (χ0v) is 13.8. The monoisotopic (exact) mass is 345 g/mol. The first-order valence-corrected chi connectivity index (χ1v) is 8.26. The lowest BCUT2D eigenvalue weighted by atomic mass is 9.89. The number of ether oxygens (including phenoxy) is 1. The number of rotatable bonds is 5. The van der Waals surface area contributed by atoms with Gasteiger partial charge in [0.05, 0.1) is 6.61 Å². The topological polar surface area (TPSA) is 21.3 Å². The fraction of sp³-hybridized carbons (Fsp3) is 0.333. The molecule has 2 nitrogen and oxygen atoms in total. The van der Waals surface area contributed by atoms with E-state index in [1.54, 1.807) is 0 Å². The van der Waals surface area contributed by atoms with Crippen molar-refractivity contribution in [3.8, 4) is 5.75 Å². The molecule has 1 aliphatic rings. The molecule has 1 heterocycles. The quantitative estimate of drug-likeness (QED) is 0.878. The Morgan fingerprint density at radius 3 is 2.71 bits per heavy atom. The standard InChI is InChI=1S/C18H20BrNO/c1-2-20-17(11-13-7-9-14(19)10-8-13)16-12-21-18-6-4-3-5-15(16)18/h3-10,16-17,20H,2,11-12H2,1H3. The SMILES string of the molecule is CCNC(Cc1ccc(Br)cc1)C1COc2ccccc21. The van der Waals surface area contributed by atoms with Gasteiger partial charge in [-0.25, -0.2) is 0 Å². The molecule has 0 saturated heterocycles. The van der Waals surface area contributed by atoms with Gasteiger partial charge in [0.25, 0.3) is 0 Å². The molecule has 0 spiro atoms. The van der Waals surface area contributed by atoms with E-state index in [9.17, 15) is 0 Å². The van der Waals surface area contributed by atoms with E-state index in [1.807, 2.05) is 6.07 Å². The molecule has 0 aromatic heterocycles. The predicted octanol–water partition coefficient (Wildman–Crippen LogP) is 4.15. The van der Waals surface area contributed by atoms with E-state index >= 15 is 0 Å². The van der Waals surface area contributed by atoms with E-state index in [4.69, 9.17) is 4.74 Å². The van der Waals surface area contributed by atoms with Crippen LogP contribution < -0.4 is 10.1 Å². The van der Waals surface area contributed by atoms with Gasteiger partial charge in [-0.15, -0.1) is 0 Å². The average Bonchev–Trinajstić information content (AvgIpc) is 2.93. The smallest absolute Gasteiger partial charge is 0.122 e. The van der Waals surface area contributed by atoms with Crippen molar-refractivity contribution in [1.82, 2.24) is 5.32 Å². The minimum Gasteiger partial charge on any atom is -0.493 e. The molecule has 2 unspecified atom stereocenters. The summed E-state index contributed by atoms with van der Waals surface area (Å²) in [5.41, 5.74) is 2.69. The Labute approximate surface area is 134 Å². The highest BCUT2D eigenvalue weighted by Gasteiger charge is 2.30. The number of likely N-dealkylation sites (N-methyl/N-ethyl adjacent to an activating group) is 1. The number of fused-ring (bicyclic) bond motifs is 1. The van der Waals surface area contributed by atoms with E-state index in [-0.39, 0.29) is 0 Å². The van der Waals surface area contributed by atoms with Gasteiger partial charge >= 0.3 is 0 Å². The summed E-state index contributed by atoms with van der Waals surface area (Å²) in [5, 5.41) is 3.64. The molecule has 0 saturated carbocycles. The molecule has 3 heteroatoms. The summed E-state index contributed by atoms with van der Waals surface area (Å²) in [6.45, 7) is 3.91. The summed E-state index contributed by atoms with van der Waals surface area (Å²) < 4.78 is 6.97. The number of benzene rings is 2. The zero-order valence-electron chi connectivity index (χ0n) is 12.2. The van der Waals surface area contributed by atoms with Crippen LogP contribution in [0.25, 0.3) is 0 Å². The maximum absolute atomic E-state index is 5.85. The molecule has 0 fully saturated rings. The lowest BCUT2D eigenvalue weighted by molar-refractivity contribution is 0.298. The Morgan fingerprint density at radius 2 is 1.95 bits per heavy atom. The lowest BCUT2D eigenvalue weighted by Crippen LogP contribution is -2.37. The van der Waals surface area contributed by atoms with Crippen molar-refractivity contribution in [2.24, 2.45) is 0 Å². The molecular weight excluding hydrogens is 326 g/mol. The van der Waals surface area contributed by atoms with Crippen LogP contribution in [-0.2, 0) is 6.42 Å². The minimum atomic E-state index is 0.403. The summed E-state index contributed by atoms with van der Waals surface area (Å²) >= 11 is 3.49. The van der Waals surface area contributed by atoms with Gasteiger partial charge in [-0.2, -0.15) is 0 Å². The van der Waals surface area contributed by atoms with Gasteiger partial charge in [-0.05, 0) is 36.7 Å². The van der Waals surface area contributed by atoms with Gasteiger partial charge < -0.3 is 10.1 Å². The van der Waals surface area contributed by atoms with Crippen LogP contribution in [0.1, 0.15) is 24.0 Å². The third kappa shape index (κ3) is 3.30. The molecule has 2 atom stereocenters. The molecule has 0 amide bonds. The number of para-hydroxylation sites is 1. The first-order valence-electron chi connectivity index (χ1n) is 7.47. The Bertz CT molecular complexity index is 596. The number of halogens is 1. The van der Waals surface area contributed by atoms with Crippen LogP contribution in [0.2, 0.25) is 0 Å². The van der Waals surface area contributed by atoms with Gasteiger partial charge in [0.2, 0.25) is 0 Å². The molecule has 110 valence electrons. The van der Waals surface area contributed by atoms with Crippen molar-refractivity contribution >= 4 is 15.9 Å². The third-order valence-electron chi connectivity index (χ3n) is 4.06. The Hall–Kier alpha value is -1.32. The Balaban J connectivity index is 1.80. The molecule has 2 aromatic carbocycles. The fourth-order valence-electron chi connectivity index (χ4n) is 3.01. The highest BCUT2D eigenvalue weighted by atomic mass is 79.9. The van der Waals surface area contributed by atoms with Gasteiger partial charge in [-0.1, -0.05) is 53.2 Å². The van der Waals surface area contributed by atoms with E-state index in [1.165, 1.54) is 11.1 Å². The molecule has 2 aromatic rings. The maximum atomic E-state index is 5.85. The van der Waals surface area contributed by atoms with E-state index in [2.05, 4.69) is 70.6 Å². The van der Waals surface area contributed by atoms with Crippen LogP contribution in [0.4, 0.5) is 0 Å². The lowest BCUT2D eigenvalue weighted by Gasteiger charge is -2.24. The van der Waals surface area contributed by atoms with Gasteiger partial charge in [0.1, 0.15) is 5.75 Å². The largest absolute Gasteiger partial charge is 0.493 e. The van der Waals surface area contributed by atoms with E-state index in [0.717, 1.165) is 29.8 Å². The molecule has 0 bridgehead atoms. The van der Waals surface area contributed by atoms with Crippen molar-refractivity contribution in [3.05, 3.63) is 64.1 Å². The average molecular weight is 346 g/mol. The summed E-state index contributed by atoms with van der Waals surface area (Å²) in [6.07, 6.45) is 1.02. The van der Waals surface area contributed by atoms with Crippen LogP contribution in [0.15, 0.2) is 53.0 Å². The van der Waals surface area contributed by atoms with Crippen molar-refractivity contribution in [2.75, 3.05) is 13.2 Å². The molecule has 1 N–H and O–H groups in total. The van der Waals surface area contributed by atoms with Crippen molar-refractivity contribution in [2.45, 2.75) is 25.3 Å². The molecule has 3 rings (SSSR count).